The lowest BCUT2D eigenvalue weighted by molar-refractivity contribution is 0.00271. The third kappa shape index (κ3) is 6.28. The summed E-state index contributed by atoms with van der Waals surface area (Å²) in [6.07, 6.45) is 1.30. The Morgan fingerprint density at radius 1 is 0.927 bits per heavy atom. The molecular weight excluding hydrogens is 528 g/mol. The topological polar surface area (TPSA) is 60.0 Å². The fourth-order valence-corrected chi connectivity index (χ4v) is 11.2. The van der Waals surface area contributed by atoms with Gasteiger partial charge in [0.25, 0.3) is 8.32 Å². The molecule has 2 aliphatic heterocycles. The normalized spacial score (nSPS) is 22.4. The molecule has 0 aromatic heterocycles. The van der Waals surface area contributed by atoms with E-state index in [1.54, 1.807) is 0 Å². The van der Waals surface area contributed by atoms with Crippen LogP contribution >= 0.6 is 0 Å². The first-order valence-electron chi connectivity index (χ1n) is 14.8. The molecule has 41 heavy (non-hydrogen) atoms. The number of amides is 1. The fraction of sp³-hybridized carbons (Fsp3) is 0.441. The van der Waals surface area contributed by atoms with Crippen molar-refractivity contribution in [3.63, 3.8) is 0 Å². The van der Waals surface area contributed by atoms with Crippen LogP contribution in [-0.4, -0.2) is 63.3 Å². The van der Waals surface area contributed by atoms with Gasteiger partial charge in [-0.05, 0) is 40.7 Å². The summed E-state index contributed by atoms with van der Waals surface area (Å²) in [5, 5.41) is 5.55. The standard InChI is InChI=1S/C34H44N2O4Si/c1-33(2,3)41(29-16-10-6-11-17-29,30-18-12-7-13-19-30)40-31-25-38-26-34(31,4)36-22-20-28(21-23-36)35-32(37)39-24-27-14-8-5-9-15-27/h5-19,28,31H,20-26H2,1-4H3,(H,35,37)/t31-,34+/m0/s1. The highest BCUT2D eigenvalue weighted by molar-refractivity contribution is 6.99. The van der Waals surface area contributed by atoms with Gasteiger partial charge in [-0.3, -0.25) is 4.90 Å². The van der Waals surface area contributed by atoms with E-state index in [-0.39, 0.29) is 35.4 Å². The molecule has 2 saturated heterocycles. The van der Waals surface area contributed by atoms with Crippen molar-refractivity contribution < 1.29 is 18.7 Å². The molecule has 3 aromatic rings. The Morgan fingerprint density at radius 2 is 1.46 bits per heavy atom. The fourth-order valence-electron chi connectivity index (χ4n) is 6.47. The van der Waals surface area contributed by atoms with E-state index in [9.17, 15) is 4.79 Å². The molecule has 2 heterocycles. The van der Waals surface area contributed by atoms with Gasteiger partial charge in [-0.25, -0.2) is 4.79 Å². The molecule has 6 nitrogen and oxygen atoms in total. The van der Waals surface area contributed by atoms with Crippen LogP contribution in [0.3, 0.4) is 0 Å². The molecule has 0 saturated carbocycles. The molecule has 0 aliphatic carbocycles. The Morgan fingerprint density at radius 3 is 2.00 bits per heavy atom. The second kappa shape index (κ2) is 12.5. The van der Waals surface area contributed by atoms with Crippen molar-refractivity contribution in [1.82, 2.24) is 10.2 Å². The van der Waals surface area contributed by atoms with Gasteiger partial charge < -0.3 is 19.2 Å². The van der Waals surface area contributed by atoms with E-state index in [0.29, 0.717) is 13.2 Å². The summed E-state index contributed by atoms with van der Waals surface area (Å²) in [5.74, 6) is 0. The number of carbonyl (C=O) groups is 1. The number of alkyl carbamates (subject to hydrolysis) is 1. The molecule has 0 spiro atoms. The molecular formula is C34H44N2O4Si. The van der Waals surface area contributed by atoms with E-state index in [0.717, 1.165) is 31.5 Å². The summed E-state index contributed by atoms with van der Waals surface area (Å²) in [4.78, 5) is 15.0. The SMILES string of the molecule is CC(C)(C)[Si](O[C@H]1COC[C@@]1(C)N1CCC(NC(=O)OCc2ccccc2)CC1)(c1ccccc1)c1ccccc1. The minimum absolute atomic E-state index is 0.0749. The van der Waals surface area contributed by atoms with Crippen molar-refractivity contribution in [2.45, 2.75) is 69.9 Å². The number of rotatable bonds is 8. The minimum atomic E-state index is -2.72. The van der Waals surface area contributed by atoms with Crippen molar-refractivity contribution in [3.05, 3.63) is 96.6 Å². The predicted octanol–water partition coefficient (Wildman–Crippen LogP) is 5.11. The van der Waals surface area contributed by atoms with Crippen LogP contribution in [0.5, 0.6) is 0 Å². The van der Waals surface area contributed by atoms with Gasteiger partial charge >= 0.3 is 6.09 Å². The number of piperidine rings is 1. The maximum atomic E-state index is 12.5. The van der Waals surface area contributed by atoms with Crippen LogP contribution in [0.25, 0.3) is 0 Å². The third-order valence-corrected chi connectivity index (χ3v) is 13.9. The molecule has 2 aliphatic rings. The average Bonchev–Trinajstić information content (AvgIpc) is 3.36. The number of likely N-dealkylation sites (tertiary alicyclic amines) is 1. The second-order valence-electron chi connectivity index (χ2n) is 12.6. The zero-order valence-corrected chi connectivity index (χ0v) is 25.8. The summed E-state index contributed by atoms with van der Waals surface area (Å²) in [7, 11) is -2.72. The Bertz CT molecular complexity index is 1220. The smallest absolute Gasteiger partial charge is 0.407 e. The Labute approximate surface area is 246 Å². The van der Waals surface area contributed by atoms with Crippen LogP contribution in [0.2, 0.25) is 5.04 Å². The molecule has 5 rings (SSSR count). The van der Waals surface area contributed by atoms with Crippen molar-refractivity contribution >= 4 is 24.8 Å². The van der Waals surface area contributed by atoms with Gasteiger partial charge in [-0.15, -0.1) is 0 Å². The molecule has 0 radical (unpaired) electrons. The highest BCUT2D eigenvalue weighted by Gasteiger charge is 2.56. The zero-order valence-electron chi connectivity index (χ0n) is 24.8. The lowest BCUT2D eigenvalue weighted by Crippen LogP contribution is -2.70. The van der Waals surface area contributed by atoms with Crippen LogP contribution in [0.4, 0.5) is 4.79 Å². The van der Waals surface area contributed by atoms with E-state index < -0.39 is 8.32 Å². The summed E-state index contributed by atoms with van der Waals surface area (Å²) in [5.41, 5.74) is 0.727. The number of carbonyl (C=O) groups excluding carboxylic acids is 1. The van der Waals surface area contributed by atoms with Crippen molar-refractivity contribution in [2.24, 2.45) is 0 Å². The van der Waals surface area contributed by atoms with Gasteiger partial charge in [0.05, 0.1) is 24.9 Å². The second-order valence-corrected chi connectivity index (χ2v) is 16.9. The zero-order chi connectivity index (χ0) is 28.9. The number of nitrogens with one attached hydrogen (secondary N) is 1. The van der Waals surface area contributed by atoms with Crippen molar-refractivity contribution in [3.8, 4) is 0 Å². The van der Waals surface area contributed by atoms with E-state index >= 15 is 0 Å². The summed E-state index contributed by atoms with van der Waals surface area (Å²) >= 11 is 0. The van der Waals surface area contributed by atoms with Crippen molar-refractivity contribution in [2.75, 3.05) is 26.3 Å². The number of benzene rings is 3. The van der Waals surface area contributed by atoms with Crippen LogP contribution in [0.15, 0.2) is 91.0 Å². The minimum Gasteiger partial charge on any atom is -0.445 e. The quantitative estimate of drug-likeness (QED) is 0.380. The first kappa shape index (κ1) is 29.5. The van der Waals surface area contributed by atoms with Gasteiger partial charge in [0.2, 0.25) is 0 Å². The van der Waals surface area contributed by atoms with Crippen LogP contribution < -0.4 is 15.7 Å². The molecule has 1 N–H and O–H groups in total. The molecule has 218 valence electrons. The summed E-state index contributed by atoms with van der Waals surface area (Å²) in [6.45, 7) is 12.5. The van der Waals surface area contributed by atoms with E-state index in [2.05, 4.69) is 98.6 Å². The monoisotopic (exact) mass is 572 g/mol. The Balaban J connectivity index is 1.30. The average molecular weight is 573 g/mol. The number of hydrogen-bond donors (Lipinski definition) is 1. The number of nitrogens with zero attached hydrogens (tertiary/aromatic N) is 1. The summed E-state index contributed by atoms with van der Waals surface area (Å²) in [6, 6.07) is 31.5. The maximum absolute atomic E-state index is 12.5. The molecule has 2 fully saturated rings. The predicted molar refractivity (Wildman–Crippen MR) is 166 cm³/mol. The highest BCUT2D eigenvalue weighted by atomic mass is 28.4. The van der Waals surface area contributed by atoms with Gasteiger partial charge in [-0.2, -0.15) is 0 Å². The number of ether oxygens (including phenoxy) is 2. The van der Waals surface area contributed by atoms with Gasteiger partial charge in [0, 0.05) is 19.1 Å². The Kier molecular flexibility index (Phi) is 8.99. The maximum Gasteiger partial charge on any atom is 0.407 e. The first-order chi connectivity index (χ1) is 19.7. The Hall–Kier alpha value is -2.97. The van der Waals surface area contributed by atoms with Crippen LogP contribution in [-0.2, 0) is 20.5 Å². The van der Waals surface area contributed by atoms with Gasteiger partial charge in [-0.1, -0.05) is 112 Å². The van der Waals surface area contributed by atoms with E-state index in [4.69, 9.17) is 13.9 Å². The lowest BCUT2D eigenvalue weighted by Gasteiger charge is -2.50. The largest absolute Gasteiger partial charge is 0.445 e. The van der Waals surface area contributed by atoms with E-state index in [1.165, 1.54) is 10.4 Å². The molecule has 0 bridgehead atoms. The molecule has 3 aromatic carbocycles. The van der Waals surface area contributed by atoms with Gasteiger partial charge in [0.1, 0.15) is 6.61 Å². The number of hydrogen-bond acceptors (Lipinski definition) is 5. The molecule has 2 atom stereocenters. The first-order valence-corrected chi connectivity index (χ1v) is 16.7. The van der Waals surface area contributed by atoms with E-state index in [1.807, 2.05) is 30.3 Å². The molecule has 7 heteroatoms. The third-order valence-electron chi connectivity index (χ3n) is 8.85. The lowest BCUT2D eigenvalue weighted by atomic mass is 9.92. The summed E-state index contributed by atoms with van der Waals surface area (Å²) < 4.78 is 19.2. The van der Waals surface area contributed by atoms with Gasteiger partial charge in [0.15, 0.2) is 0 Å². The van der Waals surface area contributed by atoms with Crippen LogP contribution in [0.1, 0.15) is 46.1 Å². The molecule has 1 amide bonds. The molecule has 0 unspecified atom stereocenters. The van der Waals surface area contributed by atoms with Crippen LogP contribution in [0, 0.1) is 0 Å². The van der Waals surface area contributed by atoms with Crippen molar-refractivity contribution in [1.29, 1.82) is 0 Å². The highest BCUT2D eigenvalue weighted by Crippen LogP contribution is 2.41.